The first-order chi connectivity index (χ1) is 10.1. The van der Waals surface area contributed by atoms with Gasteiger partial charge in [-0.3, -0.25) is 0 Å². The number of aromatic carboxylic acids is 1. The van der Waals surface area contributed by atoms with Crippen LogP contribution in [0.15, 0.2) is 42.5 Å². The molecule has 2 aromatic carbocycles. The monoisotopic (exact) mass is 305 g/mol. The number of carboxylic acids is 1. The Morgan fingerprint density at radius 2 is 2.05 bits per heavy atom. The van der Waals surface area contributed by atoms with Gasteiger partial charge in [-0.2, -0.15) is 0 Å². The number of benzene rings is 2. The number of nitrogens with one attached hydrogen (secondary N) is 1. The van der Waals surface area contributed by atoms with E-state index in [1.807, 2.05) is 25.1 Å². The molecule has 2 rings (SSSR count). The van der Waals surface area contributed by atoms with Crippen LogP contribution >= 0.6 is 11.6 Å². The number of carbonyl (C=O) groups is 1. The molecular formula is C16H16ClNO3. The van der Waals surface area contributed by atoms with Crippen molar-refractivity contribution in [1.29, 1.82) is 0 Å². The second-order valence-electron chi connectivity index (χ2n) is 4.54. The van der Waals surface area contributed by atoms with Crippen molar-refractivity contribution in [3.63, 3.8) is 0 Å². The van der Waals surface area contributed by atoms with Gasteiger partial charge < -0.3 is 15.2 Å². The van der Waals surface area contributed by atoms with Crippen molar-refractivity contribution in [3.8, 4) is 5.75 Å². The molecule has 0 saturated carbocycles. The molecule has 0 amide bonds. The van der Waals surface area contributed by atoms with Gasteiger partial charge in [0.05, 0.1) is 0 Å². The normalized spacial score (nSPS) is 10.2. The highest BCUT2D eigenvalue weighted by atomic mass is 35.5. The number of para-hydroxylation sites is 1. The first-order valence-electron chi connectivity index (χ1n) is 6.53. The van der Waals surface area contributed by atoms with Gasteiger partial charge in [-0.1, -0.05) is 29.8 Å². The van der Waals surface area contributed by atoms with E-state index >= 15 is 0 Å². The number of carboxylic acid groups (broad SMARTS) is 1. The Balaban J connectivity index is 1.87. The number of ether oxygens (including phenoxy) is 1. The number of hydrogen-bond donors (Lipinski definition) is 2. The standard InChI is InChI=1S/C16H16ClNO3/c1-11-6-7-12(10-14(11)17)18-8-9-21-15-5-3-2-4-13(15)16(19)20/h2-7,10,18H,8-9H2,1H3,(H,19,20). The number of rotatable bonds is 6. The molecular weight excluding hydrogens is 290 g/mol. The van der Waals surface area contributed by atoms with Crippen LogP contribution in [0, 0.1) is 6.92 Å². The van der Waals surface area contributed by atoms with E-state index in [0.717, 1.165) is 11.3 Å². The molecule has 4 nitrogen and oxygen atoms in total. The van der Waals surface area contributed by atoms with Gasteiger partial charge in [0.1, 0.15) is 17.9 Å². The quantitative estimate of drug-likeness (QED) is 0.796. The van der Waals surface area contributed by atoms with Gasteiger partial charge in [0.2, 0.25) is 0 Å². The molecule has 5 heteroatoms. The van der Waals surface area contributed by atoms with Gasteiger partial charge in [-0.15, -0.1) is 0 Å². The maximum absolute atomic E-state index is 11.0. The average molecular weight is 306 g/mol. The van der Waals surface area contributed by atoms with Crippen molar-refractivity contribution in [3.05, 3.63) is 58.6 Å². The summed E-state index contributed by atoms with van der Waals surface area (Å²) in [7, 11) is 0. The Labute approximate surface area is 128 Å². The molecule has 0 aromatic heterocycles. The van der Waals surface area contributed by atoms with E-state index in [1.165, 1.54) is 6.07 Å². The van der Waals surface area contributed by atoms with E-state index in [2.05, 4.69) is 5.32 Å². The smallest absolute Gasteiger partial charge is 0.339 e. The lowest BCUT2D eigenvalue weighted by Gasteiger charge is -2.11. The summed E-state index contributed by atoms with van der Waals surface area (Å²) in [5.41, 5.74) is 2.09. The predicted octanol–water partition coefficient (Wildman–Crippen LogP) is 3.84. The molecule has 0 bridgehead atoms. The third kappa shape index (κ3) is 4.13. The van der Waals surface area contributed by atoms with E-state index in [1.54, 1.807) is 18.2 Å². The first kappa shape index (κ1) is 15.2. The van der Waals surface area contributed by atoms with Gasteiger partial charge in [0, 0.05) is 17.3 Å². The van der Waals surface area contributed by atoms with Crippen molar-refractivity contribution in [2.45, 2.75) is 6.92 Å². The van der Waals surface area contributed by atoms with Crippen LogP contribution in [-0.4, -0.2) is 24.2 Å². The molecule has 0 fully saturated rings. The highest BCUT2D eigenvalue weighted by Gasteiger charge is 2.09. The number of halogens is 1. The maximum Gasteiger partial charge on any atom is 0.339 e. The zero-order valence-corrected chi connectivity index (χ0v) is 12.4. The molecule has 0 saturated heterocycles. The lowest BCUT2D eigenvalue weighted by Crippen LogP contribution is -2.13. The summed E-state index contributed by atoms with van der Waals surface area (Å²) in [5, 5.41) is 12.9. The lowest BCUT2D eigenvalue weighted by atomic mass is 10.2. The van der Waals surface area contributed by atoms with Crippen LogP contribution < -0.4 is 10.1 Å². The summed E-state index contributed by atoms with van der Waals surface area (Å²) >= 11 is 6.04. The van der Waals surface area contributed by atoms with Crippen LogP contribution in [0.1, 0.15) is 15.9 Å². The van der Waals surface area contributed by atoms with Crippen LogP contribution in [-0.2, 0) is 0 Å². The number of hydrogen-bond acceptors (Lipinski definition) is 3. The van der Waals surface area contributed by atoms with Crippen molar-refractivity contribution in [2.75, 3.05) is 18.5 Å². The second-order valence-corrected chi connectivity index (χ2v) is 4.95. The molecule has 110 valence electrons. The molecule has 0 unspecified atom stereocenters. The Morgan fingerprint density at radius 3 is 2.76 bits per heavy atom. The largest absolute Gasteiger partial charge is 0.491 e. The van der Waals surface area contributed by atoms with E-state index in [9.17, 15) is 4.79 Å². The molecule has 0 aliphatic rings. The molecule has 0 aliphatic carbocycles. The molecule has 0 atom stereocenters. The highest BCUT2D eigenvalue weighted by molar-refractivity contribution is 6.31. The van der Waals surface area contributed by atoms with E-state index < -0.39 is 5.97 Å². The summed E-state index contributed by atoms with van der Waals surface area (Å²) in [4.78, 5) is 11.0. The fraction of sp³-hybridized carbons (Fsp3) is 0.188. The number of anilines is 1. The predicted molar refractivity (Wildman–Crippen MR) is 83.6 cm³/mol. The summed E-state index contributed by atoms with van der Waals surface area (Å²) in [6, 6.07) is 12.3. The zero-order chi connectivity index (χ0) is 15.2. The molecule has 0 aliphatic heterocycles. The van der Waals surface area contributed by atoms with Crippen LogP contribution in [0.4, 0.5) is 5.69 Å². The zero-order valence-electron chi connectivity index (χ0n) is 11.6. The van der Waals surface area contributed by atoms with Crippen molar-refractivity contribution >= 4 is 23.3 Å². The fourth-order valence-corrected chi connectivity index (χ4v) is 2.01. The molecule has 2 aromatic rings. The minimum Gasteiger partial charge on any atom is -0.491 e. The summed E-state index contributed by atoms with van der Waals surface area (Å²) in [6.07, 6.45) is 0. The second kappa shape index (κ2) is 6.99. The first-order valence-corrected chi connectivity index (χ1v) is 6.91. The van der Waals surface area contributed by atoms with Gasteiger partial charge >= 0.3 is 5.97 Å². The summed E-state index contributed by atoms with van der Waals surface area (Å²) < 4.78 is 5.50. The topological polar surface area (TPSA) is 58.6 Å². The van der Waals surface area contributed by atoms with Crippen LogP contribution in [0.25, 0.3) is 0 Å². The van der Waals surface area contributed by atoms with Gasteiger partial charge in [-0.25, -0.2) is 4.79 Å². The molecule has 2 N–H and O–H groups in total. The third-order valence-corrected chi connectivity index (χ3v) is 3.39. The average Bonchev–Trinajstić information content (AvgIpc) is 2.47. The summed E-state index contributed by atoms with van der Waals surface area (Å²) in [5.74, 6) is -0.627. The van der Waals surface area contributed by atoms with E-state index in [-0.39, 0.29) is 5.56 Å². The Bertz CT molecular complexity index is 643. The lowest BCUT2D eigenvalue weighted by molar-refractivity contribution is 0.0692. The van der Waals surface area contributed by atoms with E-state index in [4.69, 9.17) is 21.4 Å². The molecule has 0 radical (unpaired) electrons. The Morgan fingerprint density at radius 1 is 1.29 bits per heavy atom. The SMILES string of the molecule is Cc1ccc(NCCOc2ccccc2C(=O)O)cc1Cl. The maximum atomic E-state index is 11.0. The minimum atomic E-state index is -0.996. The molecule has 0 spiro atoms. The highest BCUT2D eigenvalue weighted by Crippen LogP contribution is 2.20. The Hall–Kier alpha value is -2.20. The van der Waals surface area contributed by atoms with Crippen LogP contribution in [0.5, 0.6) is 5.75 Å². The van der Waals surface area contributed by atoms with Gasteiger partial charge in [0.15, 0.2) is 0 Å². The number of aryl methyl sites for hydroxylation is 1. The van der Waals surface area contributed by atoms with Gasteiger partial charge in [-0.05, 0) is 36.8 Å². The molecule has 0 heterocycles. The van der Waals surface area contributed by atoms with Crippen molar-refractivity contribution < 1.29 is 14.6 Å². The van der Waals surface area contributed by atoms with Crippen molar-refractivity contribution in [2.24, 2.45) is 0 Å². The van der Waals surface area contributed by atoms with Crippen molar-refractivity contribution in [1.82, 2.24) is 0 Å². The fourth-order valence-electron chi connectivity index (χ4n) is 1.83. The summed E-state index contributed by atoms with van der Waals surface area (Å²) in [6.45, 7) is 2.85. The van der Waals surface area contributed by atoms with Crippen LogP contribution in [0.2, 0.25) is 5.02 Å². The molecule has 21 heavy (non-hydrogen) atoms. The van der Waals surface area contributed by atoms with Gasteiger partial charge in [0.25, 0.3) is 0 Å². The van der Waals surface area contributed by atoms with Crippen LogP contribution in [0.3, 0.4) is 0 Å². The third-order valence-electron chi connectivity index (χ3n) is 2.98. The minimum absolute atomic E-state index is 0.163. The van der Waals surface area contributed by atoms with E-state index in [0.29, 0.717) is 23.9 Å². The Kier molecular flexibility index (Phi) is 5.06.